The third-order valence-corrected chi connectivity index (χ3v) is 3.34. The van der Waals surface area contributed by atoms with E-state index in [0.717, 1.165) is 40.0 Å². The van der Waals surface area contributed by atoms with Gasteiger partial charge in [0.25, 0.3) is 0 Å². The largest absolute Gasteiger partial charge is 0.399 e. The molecule has 1 aromatic heterocycles. The molecule has 0 aliphatic rings. The summed E-state index contributed by atoms with van der Waals surface area (Å²) in [6.07, 6.45) is 0.780. The van der Waals surface area contributed by atoms with Crippen LogP contribution in [0, 0.1) is 0 Å². The SMILES string of the molecule is CC(=O)Nc1cccc(Cc2cc3ccc(N)cc3[nH]2)c1. The third kappa shape index (κ3) is 3.05. The average Bonchev–Trinajstić information content (AvgIpc) is 2.79. The summed E-state index contributed by atoms with van der Waals surface area (Å²) in [5.41, 5.74) is 10.7. The van der Waals surface area contributed by atoms with Crippen molar-refractivity contribution < 1.29 is 4.79 Å². The minimum absolute atomic E-state index is 0.0618. The molecule has 1 amide bonds. The fourth-order valence-corrected chi connectivity index (χ4v) is 2.48. The number of aromatic nitrogens is 1. The zero-order valence-corrected chi connectivity index (χ0v) is 11.8. The number of hydrogen-bond donors (Lipinski definition) is 3. The number of fused-ring (bicyclic) bond motifs is 1. The van der Waals surface area contributed by atoms with Crippen molar-refractivity contribution in [2.45, 2.75) is 13.3 Å². The summed E-state index contributed by atoms with van der Waals surface area (Å²) in [7, 11) is 0. The molecule has 21 heavy (non-hydrogen) atoms. The van der Waals surface area contributed by atoms with Crippen molar-refractivity contribution in [2.75, 3.05) is 11.1 Å². The molecule has 3 rings (SSSR count). The van der Waals surface area contributed by atoms with Crippen LogP contribution in [-0.2, 0) is 11.2 Å². The summed E-state index contributed by atoms with van der Waals surface area (Å²) in [4.78, 5) is 14.5. The van der Waals surface area contributed by atoms with Crippen molar-refractivity contribution in [3.8, 4) is 0 Å². The van der Waals surface area contributed by atoms with Gasteiger partial charge in [-0.3, -0.25) is 4.79 Å². The lowest BCUT2D eigenvalue weighted by molar-refractivity contribution is -0.114. The first-order chi connectivity index (χ1) is 10.1. The van der Waals surface area contributed by atoms with Crippen molar-refractivity contribution in [1.29, 1.82) is 0 Å². The lowest BCUT2D eigenvalue weighted by Crippen LogP contribution is -2.05. The molecule has 0 atom stereocenters. The third-order valence-electron chi connectivity index (χ3n) is 3.34. The number of carbonyl (C=O) groups is 1. The van der Waals surface area contributed by atoms with Crippen LogP contribution in [0.2, 0.25) is 0 Å². The van der Waals surface area contributed by atoms with Gasteiger partial charge in [0.1, 0.15) is 0 Å². The summed E-state index contributed by atoms with van der Waals surface area (Å²) < 4.78 is 0. The predicted octanol–water partition coefficient (Wildman–Crippen LogP) is 3.30. The number of aromatic amines is 1. The first kappa shape index (κ1) is 13.2. The van der Waals surface area contributed by atoms with Crippen LogP contribution < -0.4 is 11.1 Å². The number of nitrogens with one attached hydrogen (secondary N) is 2. The van der Waals surface area contributed by atoms with Crippen LogP contribution in [0.5, 0.6) is 0 Å². The molecular formula is C17H17N3O. The molecule has 0 saturated carbocycles. The first-order valence-corrected chi connectivity index (χ1v) is 6.84. The van der Waals surface area contributed by atoms with E-state index in [1.165, 1.54) is 6.92 Å². The Labute approximate surface area is 123 Å². The maximum absolute atomic E-state index is 11.1. The lowest BCUT2D eigenvalue weighted by Gasteiger charge is -2.04. The molecule has 3 aromatic rings. The van der Waals surface area contributed by atoms with Crippen molar-refractivity contribution in [1.82, 2.24) is 4.98 Å². The van der Waals surface area contributed by atoms with E-state index >= 15 is 0 Å². The number of anilines is 2. The molecule has 0 spiro atoms. The van der Waals surface area contributed by atoms with Gasteiger partial charge in [-0.05, 0) is 41.3 Å². The summed E-state index contributed by atoms with van der Waals surface area (Å²) in [6.45, 7) is 1.51. The number of carbonyl (C=O) groups excluding carboxylic acids is 1. The molecule has 2 aromatic carbocycles. The highest BCUT2D eigenvalue weighted by Crippen LogP contribution is 2.21. The van der Waals surface area contributed by atoms with E-state index in [1.54, 1.807) is 0 Å². The van der Waals surface area contributed by atoms with Crippen LogP contribution in [0.15, 0.2) is 48.5 Å². The fraction of sp³-hybridized carbons (Fsp3) is 0.118. The minimum atomic E-state index is -0.0618. The van der Waals surface area contributed by atoms with Gasteiger partial charge in [0.05, 0.1) is 0 Å². The second-order valence-electron chi connectivity index (χ2n) is 5.20. The van der Waals surface area contributed by atoms with Crippen LogP contribution in [0.3, 0.4) is 0 Å². The van der Waals surface area contributed by atoms with Gasteiger partial charge in [-0.15, -0.1) is 0 Å². The molecule has 4 heteroatoms. The molecular weight excluding hydrogens is 262 g/mol. The van der Waals surface area contributed by atoms with Gasteiger partial charge >= 0.3 is 0 Å². The molecule has 4 N–H and O–H groups in total. The van der Waals surface area contributed by atoms with E-state index in [4.69, 9.17) is 5.73 Å². The van der Waals surface area contributed by atoms with Gasteiger partial charge in [0.15, 0.2) is 0 Å². The second kappa shape index (κ2) is 5.32. The summed E-state index contributed by atoms with van der Waals surface area (Å²) in [5.74, 6) is -0.0618. The van der Waals surface area contributed by atoms with E-state index in [1.807, 2.05) is 42.5 Å². The molecule has 1 heterocycles. The van der Waals surface area contributed by atoms with Crippen LogP contribution in [0.25, 0.3) is 10.9 Å². The smallest absolute Gasteiger partial charge is 0.221 e. The number of nitrogens with two attached hydrogens (primary N) is 1. The van der Waals surface area contributed by atoms with E-state index in [2.05, 4.69) is 16.4 Å². The Balaban J connectivity index is 1.86. The fourth-order valence-electron chi connectivity index (χ4n) is 2.48. The highest BCUT2D eigenvalue weighted by molar-refractivity contribution is 5.88. The number of H-pyrrole nitrogens is 1. The molecule has 0 saturated heterocycles. The lowest BCUT2D eigenvalue weighted by atomic mass is 10.1. The monoisotopic (exact) mass is 279 g/mol. The predicted molar refractivity (Wildman–Crippen MR) is 86.3 cm³/mol. The first-order valence-electron chi connectivity index (χ1n) is 6.84. The van der Waals surface area contributed by atoms with Gasteiger partial charge in [-0.1, -0.05) is 18.2 Å². The zero-order chi connectivity index (χ0) is 14.8. The standard InChI is InChI=1S/C17H17N3O/c1-11(21)19-15-4-2-3-12(7-15)8-16-9-13-5-6-14(18)10-17(13)20-16/h2-7,9-10,20H,8,18H2,1H3,(H,19,21). The Bertz CT molecular complexity index is 805. The summed E-state index contributed by atoms with van der Waals surface area (Å²) in [6, 6.07) is 15.8. The van der Waals surface area contributed by atoms with Gasteiger partial charge in [0, 0.05) is 35.9 Å². The van der Waals surface area contributed by atoms with Crippen molar-refractivity contribution in [2.24, 2.45) is 0 Å². The summed E-state index contributed by atoms with van der Waals surface area (Å²) in [5, 5.41) is 3.95. The van der Waals surface area contributed by atoms with E-state index in [-0.39, 0.29) is 5.91 Å². The van der Waals surface area contributed by atoms with Crippen molar-refractivity contribution in [3.63, 3.8) is 0 Å². The highest BCUT2D eigenvalue weighted by Gasteiger charge is 2.04. The van der Waals surface area contributed by atoms with Gasteiger partial charge in [-0.25, -0.2) is 0 Å². The molecule has 0 radical (unpaired) electrons. The number of hydrogen-bond acceptors (Lipinski definition) is 2. The Hall–Kier alpha value is -2.75. The molecule has 0 aliphatic carbocycles. The zero-order valence-electron chi connectivity index (χ0n) is 11.8. The molecule has 0 fully saturated rings. The Morgan fingerprint density at radius 1 is 1.19 bits per heavy atom. The normalized spacial score (nSPS) is 10.7. The molecule has 0 unspecified atom stereocenters. The number of rotatable bonds is 3. The van der Waals surface area contributed by atoms with Crippen LogP contribution >= 0.6 is 0 Å². The number of benzene rings is 2. The van der Waals surface area contributed by atoms with Crippen LogP contribution in [-0.4, -0.2) is 10.9 Å². The van der Waals surface area contributed by atoms with Gasteiger partial charge in [-0.2, -0.15) is 0 Å². The Morgan fingerprint density at radius 3 is 2.86 bits per heavy atom. The average molecular weight is 279 g/mol. The number of amides is 1. The molecule has 4 nitrogen and oxygen atoms in total. The topological polar surface area (TPSA) is 70.9 Å². The quantitative estimate of drug-likeness (QED) is 0.644. The Morgan fingerprint density at radius 2 is 2.05 bits per heavy atom. The Kier molecular flexibility index (Phi) is 3.36. The van der Waals surface area contributed by atoms with E-state index in [9.17, 15) is 4.79 Å². The molecule has 0 aliphatic heterocycles. The van der Waals surface area contributed by atoms with Gasteiger partial charge < -0.3 is 16.0 Å². The van der Waals surface area contributed by atoms with Crippen LogP contribution in [0.1, 0.15) is 18.2 Å². The molecule has 106 valence electrons. The maximum Gasteiger partial charge on any atom is 0.221 e. The van der Waals surface area contributed by atoms with E-state index < -0.39 is 0 Å². The van der Waals surface area contributed by atoms with Gasteiger partial charge in [0.2, 0.25) is 5.91 Å². The second-order valence-corrected chi connectivity index (χ2v) is 5.20. The minimum Gasteiger partial charge on any atom is -0.399 e. The van der Waals surface area contributed by atoms with Crippen molar-refractivity contribution in [3.05, 3.63) is 59.8 Å². The van der Waals surface area contributed by atoms with E-state index in [0.29, 0.717) is 0 Å². The highest BCUT2D eigenvalue weighted by atomic mass is 16.1. The van der Waals surface area contributed by atoms with Crippen LogP contribution in [0.4, 0.5) is 11.4 Å². The van der Waals surface area contributed by atoms with Crippen molar-refractivity contribution >= 4 is 28.2 Å². The number of nitrogen functional groups attached to an aromatic ring is 1. The molecule has 0 bridgehead atoms. The summed E-state index contributed by atoms with van der Waals surface area (Å²) >= 11 is 0. The maximum atomic E-state index is 11.1.